The Hall–Kier alpha value is -3.96. The molecule has 1 saturated heterocycles. The number of nitriles is 1. The Balaban J connectivity index is 1.75. The standard InChI is InChI=1S/C34H40FN3O4/c1-22-28(24-9-13-26(14-10-24)41-20-15-23-7-11-25(35)12-8-23)30(38-18-16-34(5,6)17-19-38)29(27(21-36)37-22)31(32(39)40)42-33(2,3)4/h7-14,31H,15-20H2,1-6H3,(H,39,40)/t31-/m0/s1. The number of carbonyl (C=O) groups is 1. The number of piperidine rings is 1. The van der Waals surface area contributed by atoms with Gasteiger partial charge in [-0.1, -0.05) is 38.1 Å². The number of anilines is 1. The van der Waals surface area contributed by atoms with E-state index >= 15 is 0 Å². The van der Waals surface area contributed by atoms with Crippen LogP contribution >= 0.6 is 0 Å². The molecule has 1 fully saturated rings. The number of benzene rings is 2. The van der Waals surface area contributed by atoms with Gasteiger partial charge in [0.25, 0.3) is 0 Å². The summed E-state index contributed by atoms with van der Waals surface area (Å²) < 4.78 is 25.2. The predicted octanol–water partition coefficient (Wildman–Crippen LogP) is 7.26. The molecule has 3 aromatic rings. The number of halogens is 1. The smallest absolute Gasteiger partial charge is 0.337 e. The zero-order valence-corrected chi connectivity index (χ0v) is 25.3. The van der Waals surface area contributed by atoms with Gasteiger partial charge in [0.1, 0.15) is 23.3 Å². The van der Waals surface area contributed by atoms with Gasteiger partial charge in [0, 0.05) is 30.8 Å². The van der Waals surface area contributed by atoms with Crippen LogP contribution in [0.15, 0.2) is 48.5 Å². The van der Waals surface area contributed by atoms with E-state index in [2.05, 4.69) is 29.8 Å². The van der Waals surface area contributed by atoms with Crippen molar-refractivity contribution in [2.24, 2.45) is 5.41 Å². The Morgan fingerprint density at radius 1 is 1.12 bits per heavy atom. The number of rotatable bonds is 9. The van der Waals surface area contributed by atoms with Gasteiger partial charge in [0.05, 0.1) is 23.5 Å². The maximum absolute atomic E-state index is 13.2. The third-order valence-electron chi connectivity index (χ3n) is 7.60. The predicted molar refractivity (Wildman–Crippen MR) is 161 cm³/mol. The van der Waals surface area contributed by atoms with E-state index in [1.54, 1.807) is 32.9 Å². The summed E-state index contributed by atoms with van der Waals surface area (Å²) in [5.74, 6) is -0.749. The van der Waals surface area contributed by atoms with Crippen LogP contribution in [0.2, 0.25) is 0 Å². The van der Waals surface area contributed by atoms with Crippen LogP contribution in [0.5, 0.6) is 5.75 Å². The Bertz CT molecular complexity index is 1440. The second-order valence-electron chi connectivity index (χ2n) is 12.6. The Morgan fingerprint density at radius 3 is 2.29 bits per heavy atom. The molecule has 0 amide bonds. The number of aryl methyl sites for hydroxylation is 1. The average Bonchev–Trinajstić information content (AvgIpc) is 2.92. The van der Waals surface area contributed by atoms with Gasteiger partial charge in [0.15, 0.2) is 6.10 Å². The van der Waals surface area contributed by atoms with Crippen LogP contribution in [-0.2, 0) is 16.0 Å². The highest BCUT2D eigenvalue weighted by Crippen LogP contribution is 2.45. The summed E-state index contributed by atoms with van der Waals surface area (Å²) in [7, 11) is 0. The largest absolute Gasteiger partial charge is 0.493 e. The molecule has 1 aromatic heterocycles. The minimum atomic E-state index is -1.37. The summed E-state index contributed by atoms with van der Waals surface area (Å²) in [6.45, 7) is 13.6. The van der Waals surface area contributed by atoms with Crippen molar-refractivity contribution in [3.8, 4) is 22.9 Å². The highest BCUT2D eigenvalue weighted by atomic mass is 19.1. The molecule has 1 N–H and O–H groups in total. The van der Waals surface area contributed by atoms with E-state index in [1.807, 2.05) is 31.2 Å². The van der Waals surface area contributed by atoms with Crippen LogP contribution in [0.4, 0.5) is 10.1 Å². The van der Waals surface area contributed by atoms with Gasteiger partial charge < -0.3 is 19.5 Å². The van der Waals surface area contributed by atoms with Crippen LogP contribution in [-0.4, -0.2) is 41.4 Å². The van der Waals surface area contributed by atoms with Crippen molar-refractivity contribution in [2.45, 2.75) is 72.5 Å². The van der Waals surface area contributed by atoms with E-state index in [1.165, 1.54) is 12.1 Å². The number of hydrogen-bond acceptors (Lipinski definition) is 6. The summed E-state index contributed by atoms with van der Waals surface area (Å²) in [6, 6.07) is 16.2. The van der Waals surface area contributed by atoms with Crippen molar-refractivity contribution in [1.29, 1.82) is 5.26 Å². The van der Waals surface area contributed by atoms with Crippen molar-refractivity contribution < 1.29 is 23.8 Å². The molecule has 0 aliphatic carbocycles. The van der Waals surface area contributed by atoms with Gasteiger partial charge in [-0.2, -0.15) is 5.26 Å². The van der Waals surface area contributed by atoms with Crippen molar-refractivity contribution in [1.82, 2.24) is 4.98 Å². The van der Waals surface area contributed by atoms with Crippen molar-refractivity contribution in [3.05, 3.63) is 76.9 Å². The molecule has 4 rings (SSSR count). The van der Waals surface area contributed by atoms with Crippen molar-refractivity contribution >= 4 is 11.7 Å². The molecule has 2 aromatic carbocycles. The molecular weight excluding hydrogens is 533 g/mol. The number of aromatic nitrogens is 1. The number of aliphatic carboxylic acids is 1. The van der Waals surface area contributed by atoms with Gasteiger partial charge in [-0.3, -0.25) is 0 Å². The molecule has 7 nitrogen and oxygen atoms in total. The highest BCUT2D eigenvalue weighted by Gasteiger charge is 2.37. The zero-order valence-electron chi connectivity index (χ0n) is 25.3. The molecule has 0 saturated carbocycles. The number of nitrogens with zero attached hydrogens (tertiary/aromatic N) is 3. The van der Waals surface area contributed by atoms with Gasteiger partial charge >= 0.3 is 5.97 Å². The molecule has 1 aliphatic rings. The fourth-order valence-electron chi connectivity index (χ4n) is 5.29. The summed E-state index contributed by atoms with van der Waals surface area (Å²) >= 11 is 0. The first kappa shape index (κ1) is 31.0. The van der Waals surface area contributed by atoms with Crippen LogP contribution in [0.25, 0.3) is 11.1 Å². The SMILES string of the molecule is Cc1nc(C#N)c([C@H](OC(C)(C)C)C(=O)O)c(N2CCC(C)(C)CC2)c1-c1ccc(OCCc2ccc(F)cc2)cc1. The van der Waals surface area contributed by atoms with E-state index in [0.29, 0.717) is 48.8 Å². The van der Waals surface area contributed by atoms with E-state index in [9.17, 15) is 19.6 Å². The Labute approximate surface area is 247 Å². The molecular formula is C34H40FN3O4. The first-order valence-electron chi connectivity index (χ1n) is 14.4. The highest BCUT2D eigenvalue weighted by molar-refractivity contribution is 5.88. The summed E-state index contributed by atoms with van der Waals surface area (Å²) in [5, 5.41) is 20.5. The van der Waals surface area contributed by atoms with Crippen molar-refractivity contribution in [2.75, 3.05) is 24.6 Å². The summed E-state index contributed by atoms with van der Waals surface area (Å²) in [6.07, 6.45) is 1.12. The summed E-state index contributed by atoms with van der Waals surface area (Å²) in [4.78, 5) is 19.5. The fourth-order valence-corrected chi connectivity index (χ4v) is 5.29. The maximum atomic E-state index is 13.2. The Kier molecular flexibility index (Phi) is 9.22. The van der Waals surface area contributed by atoms with E-state index < -0.39 is 17.7 Å². The molecule has 42 heavy (non-hydrogen) atoms. The maximum Gasteiger partial charge on any atom is 0.337 e. The number of carboxylic acid groups (broad SMARTS) is 1. The molecule has 0 bridgehead atoms. The molecule has 1 aliphatic heterocycles. The number of carboxylic acids is 1. The molecule has 1 atom stereocenters. The molecule has 0 radical (unpaired) electrons. The minimum Gasteiger partial charge on any atom is -0.493 e. The molecule has 0 unspecified atom stereocenters. The quantitative estimate of drug-likeness (QED) is 0.288. The van der Waals surface area contributed by atoms with Gasteiger partial charge in [-0.25, -0.2) is 14.2 Å². The van der Waals surface area contributed by atoms with Crippen LogP contribution in [0.3, 0.4) is 0 Å². The van der Waals surface area contributed by atoms with Crippen LogP contribution < -0.4 is 9.64 Å². The lowest BCUT2D eigenvalue weighted by Gasteiger charge is -2.41. The fraction of sp³-hybridized carbons (Fsp3) is 0.441. The van der Waals surface area contributed by atoms with Gasteiger partial charge in [-0.05, 0) is 81.3 Å². The first-order valence-corrected chi connectivity index (χ1v) is 14.4. The number of pyridine rings is 1. The third-order valence-corrected chi connectivity index (χ3v) is 7.60. The van der Waals surface area contributed by atoms with Crippen LogP contribution in [0, 0.1) is 29.5 Å². The lowest BCUT2D eigenvalue weighted by molar-refractivity contribution is -0.160. The number of ether oxygens (including phenoxy) is 2. The molecule has 2 heterocycles. The summed E-state index contributed by atoms with van der Waals surface area (Å²) in [5.41, 5.74) is 3.69. The number of hydrogen-bond donors (Lipinski definition) is 1. The molecule has 8 heteroatoms. The average molecular weight is 574 g/mol. The first-order chi connectivity index (χ1) is 19.8. The second-order valence-corrected chi connectivity index (χ2v) is 12.6. The topological polar surface area (TPSA) is 95.7 Å². The van der Waals surface area contributed by atoms with Crippen molar-refractivity contribution in [3.63, 3.8) is 0 Å². The minimum absolute atomic E-state index is 0.0634. The Morgan fingerprint density at radius 2 is 1.74 bits per heavy atom. The second kappa shape index (κ2) is 12.5. The van der Waals surface area contributed by atoms with Gasteiger partial charge in [-0.15, -0.1) is 0 Å². The normalized spacial score (nSPS) is 15.6. The molecule has 0 spiro atoms. The lowest BCUT2D eigenvalue weighted by Crippen LogP contribution is -2.39. The van der Waals surface area contributed by atoms with E-state index in [0.717, 1.165) is 29.5 Å². The molecule has 222 valence electrons. The lowest BCUT2D eigenvalue weighted by atomic mass is 9.81. The van der Waals surface area contributed by atoms with E-state index in [4.69, 9.17) is 9.47 Å². The van der Waals surface area contributed by atoms with E-state index in [-0.39, 0.29) is 16.9 Å². The zero-order chi connectivity index (χ0) is 30.7. The van der Waals surface area contributed by atoms with Gasteiger partial charge in [0.2, 0.25) is 0 Å². The van der Waals surface area contributed by atoms with Crippen LogP contribution in [0.1, 0.15) is 76.1 Å². The third kappa shape index (κ3) is 7.46. The monoisotopic (exact) mass is 573 g/mol.